The second-order valence-electron chi connectivity index (χ2n) is 2.32. The molecule has 0 nitrogen and oxygen atoms in total. The van der Waals surface area contributed by atoms with Crippen LogP contribution in [0.5, 0.6) is 0 Å². The summed E-state index contributed by atoms with van der Waals surface area (Å²) in [6, 6.07) is 2.83. The quantitative estimate of drug-likeness (QED) is 0.663. The van der Waals surface area contributed by atoms with Crippen LogP contribution >= 0.6 is 27.3 Å². The topological polar surface area (TPSA) is 0 Å². The maximum absolute atomic E-state index is 13.0. The first kappa shape index (κ1) is 8.13. The van der Waals surface area contributed by atoms with Crippen LogP contribution in [0.15, 0.2) is 22.0 Å². The van der Waals surface area contributed by atoms with Gasteiger partial charge in [0.15, 0.2) is 0 Å². The molecule has 62 valence electrons. The molecule has 1 heterocycles. The first-order valence-electron chi connectivity index (χ1n) is 3.21. The van der Waals surface area contributed by atoms with Crippen molar-refractivity contribution in [1.82, 2.24) is 0 Å². The molecule has 0 saturated carbocycles. The molecule has 12 heavy (non-hydrogen) atoms. The minimum absolute atomic E-state index is 0.333. The van der Waals surface area contributed by atoms with Gasteiger partial charge in [-0.05, 0) is 12.1 Å². The van der Waals surface area contributed by atoms with Gasteiger partial charge in [-0.1, -0.05) is 15.9 Å². The van der Waals surface area contributed by atoms with E-state index in [2.05, 4.69) is 15.9 Å². The molecular weight excluding hydrogens is 246 g/mol. The Balaban J connectivity index is 2.98. The number of benzene rings is 1. The number of thiophene rings is 1. The van der Waals surface area contributed by atoms with E-state index in [1.165, 1.54) is 17.5 Å². The molecular formula is C8H3BrF2S. The maximum atomic E-state index is 13.0. The van der Waals surface area contributed by atoms with Crippen LogP contribution in [0.1, 0.15) is 0 Å². The third kappa shape index (κ3) is 1.06. The lowest BCUT2D eigenvalue weighted by molar-refractivity contribution is 0.634. The normalized spacial score (nSPS) is 10.9. The van der Waals surface area contributed by atoms with E-state index < -0.39 is 0 Å². The highest BCUT2D eigenvalue weighted by Crippen LogP contribution is 2.32. The van der Waals surface area contributed by atoms with Crippen LogP contribution < -0.4 is 0 Å². The molecule has 0 spiro atoms. The first-order chi connectivity index (χ1) is 5.70. The number of hydrogen-bond acceptors (Lipinski definition) is 1. The van der Waals surface area contributed by atoms with Crippen molar-refractivity contribution in [1.29, 1.82) is 0 Å². The van der Waals surface area contributed by atoms with Crippen LogP contribution in [-0.2, 0) is 0 Å². The van der Waals surface area contributed by atoms with E-state index in [0.29, 0.717) is 14.6 Å². The Kier molecular flexibility index (Phi) is 1.88. The Hall–Kier alpha value is -0.480. The van der Waals surface area contributed by atoms with Crippen molar-refractivity contribution in [2.75, 3.05) is 0 Å². The summed E-state index contributed by atoms with van der Waals surface area (Å²) in [7, 11) is 0. The molecule has 0 aliphatic carbocycles. The lowest BCUT2D eigenvalue weighted by Gasteiger charge is -1.94. The van der Waals surface area contributed by atoms with Crippen molar-refractivity contribution in [3.8, 4) is 0 Å². The molecule has 0 radical (unpaired) electrons. The van der Waals surface area contributed by atoms with Gasteiger partial charge in [-0.15, -0.1) is 11.3 Å². The summed E-state index contributed by atoms with van der Waals surface area (Å²) in [4.78, 5) is 0. The third-order valence-corrected chi connectivity index (χ3v) is 3.20. The Bertz CT molecular complexity index is 436. The highest BCUT2D eigenvalue weighted by molar-refractivity contribution is 9.10. The van der Waals surface area contributed by atoms with Gasteiger partial charge in [-0.2, -0.15) is 0 Å². The molecule has 0 saturated heterocycles. The van der Waals surface area contributed by atoms with Crippen LogP contribution in [-0.4, -0.2) is 0 Å². The zero-order chi connectivity index (χ0) is 8.72. The Morgan fingerprint density at radius 2 is 1.92 bits per heavy atom. The predicted molar refractivity (Wildman–Crippen MR) is 49.4 cm³/mol. The molecule has 1 aromatic carbocycles. The van der Waals surface area contributed by atoms with E-state index in [-0.39, 0.29) is 11.6 Å². The molecule has 0 N–H and O–H groups in total. The Labute approximate surface area is 80.0 Å². The van der Waals surface area contributed by atoms with E-state index in [1.54, 1.807) is 0 Å². The lowest BCUT2D eigenvalue weighted by atomic mass is 10.2. The SMILES string of the molecule is Fc1ccc(Br)c2c(F)csc12. The van der Waals surface area contributed by atoms with Crippen LogP contribution in [0.2, 0.25) is 0 Å². The van der Waals surface area contributed by atoms with Gasteiger partial charge >= 0.3 is 0 Å². The highest BCUT2D eigenvalue weighted by atomic mass is 79.9. The summed E-state index contributed by atoms with van der Waals surface area (Å²) in [5.74, 6) is -0.747. The number of halogens is 3. The minimum Gasteiger partial charge on any atom is -0.205 e. The van der Waals surface area contributed by atoms with Crippen molar-refractivity contribution in [2.24, 2.45) is 0 Å². The van der Waals surface area contributed by atoms with Crippen LogP contribution in [0.3, 0.4) is 0 Å². The van der Waals surface area contributed by atoms with Gasteiger partial charge in [0, 0.05) is 15.2 Å². The molecule has 0 bridgehead atoms. The smallest absolute Gasteiger partial charge is 0.142 e. The van der Waals surface area contributed by atoms with Gasteiger partial charge in [0.25, 0.3) is 0 Å². The minimum atomic E-state index is -0.374. The molecule has 0 aliphatic rings. The summed E-state index contributed by atoms with van der Waals surface area (Å²) in [6.07, 6.45) is 0. The van der Waals surface area contributed by atoms with Crippen LogP contribution in [0.25, 0.3) is 10.1 Å². The molecule has 0 unspecified atom stereocenters. The zero-order valence-corrected chi connectivity index (χ0v) is 8.18. The number of fused-ring (bicyclic) bond motifs is 1. The van der Waals surface area contributed by atoms with E-state index in [1.807, 2.05) is 0 Å². The van der Waals surface area contributed by atoms with Gasteiger partial charge in [-0.3, -0.25) is 0 Å². The summed E-state index contributed by atoms with van der Waals surface area (Å²) >= 11 is 4.24. The molecule has 0 fully saturated rings. The van der Waals surface area contributed by atoms with Crippen LogP contribution in [0.4, 0.5) is 8.78 Å². The molecule has 4 heteroatoms. The molecule has 2 rings (SSSR count). The van der Waals surface area contributed by atoms with Crippen molar-refractivity contribution in [2.45, 2.75) is 0 Å². The molecule has 0 amide bonds. The first-order valence-corrected chi connectivity index (χ1v) is 4.88. The van der Waals surface area contributed by atoms with Gasteiger partial charge in [0.05, 0.1) is 4.70 Å². The van der Waals surface area contributed by atoms with Gasteiger partial charge in [0.2, 0.25) is 0 Å². The van der Waals surface area contributed by atoms with Gasteiger partial charge in [-0.25, -0.2) is 8.78 Å². The second kappa shape index (κ2) is 2.78. The molecule has 0 atom stereocenters. The fraction of sp³-hybridized carbons (Fsp3) is 0. The second-order valence-corrected chi connectivity index (χ2v) is 4.05. The van der Waals surface area contributed by atoms with E-state index in [9.17, 15) is 8.78 Å². The lowest BCUT2D eigenvalue weighted by Crippen LogP contribution is -1.76. The fourth-order valence-electron chi connectivity index (χ4n) is 1.04. The number of rotatable bonds is 0. The molecule has 2 aromatic rings. The number of hydrogen-bond donors (Lipinski definition) is 0. The zero-order valence-electron chi connectivity index (χ0n) is 5.77. The van der Waals surface area contributed by atoms with Crippen molar-refractivity contribution in [3.05, 3.63) is 33.6 Å². The summed E-state index contributed by atoms with van der Waals surface area (Å²) in [6.45, 7) is 0. The van der Waals surface area contributed by atoms with Crippen molar-refractivity contribution < 1.29 is 8.78 Å². The summed E-state index contributed by atoms with van der Waals surface area (Å²) < 4.78 is 27.0. The standard InChI is InChI=1S/C8H3BrF2S/c9-4-1-2-5(10)8-7(4)6(11)3-12-8/h1-3H. The van der Waals surface area contributed by atoms with Gasteiger partial charge in [0.1, 0.15) is 11.6 Å². The van der Waals surface area contributed by atoms with Crippen molar-refractivity contribution in [3.63, 3.8) is 0 Å². The highest BCUT2D eigenvalue weighted by Gasteiger charge is 2.10. The maximum Gasteiger partial charge on any atom is 0.142 e. The van der Waals surface area contributed by atoms with Crippen LogP contribution in [0, 0.1) is 11.6 Å². The van der Waals surface area contributed by atoms with E-state index in [0.717, 1.165) is 11.3 Å². The Morgan fingerprint density at radius 1 is 1.17 bits per heavy atom. The van der Waals surface area contributed by atoms with Gasteiger partial charge < -0.3 is 0 Å². The fourth-order valence-corrected chi connectivity index (χ4v) is 2.54. The summed E-state index contributed by atoms with van der Waals surface area (Å²) in [5, 5.41) is 1.64. The van der Waals surface area contributed by atoms with Crippen molar-refractivity contribution >= 4 is 37.4 Å². The largest absolute Gasteiger partial charge is 0.205 e. The monoisotopic (exact) mass is 248 g/mol. The summed E-state index contributed by atoms with van der Waals surface area (Å²) in [5.41, 5.74) is 0. The van der Waals surface area contributed by atoms with E-state index >= 15 is 0 Å². The molecule has 1 aromatic heterocycles. The molecule has 0 aliphatic heterocycles. The van der Waals surface area contributed by atoms with E-state index in [4.69, 9.17) is 0 Å². The third-order valence-electron chi connectivity index (χ3n) is 1.58. The Morgan fingerprint density at radius 3 is 2.58 bits per heavy atom. The predicted octanol–water partition coefficient (Wildman–Crippen LogP) is 3.94. The average molecular weight is 249 g/mol. The average Bonchev–Trinajstić information content (AvgIpc) is 2.42.